The van der Waals surface area contributed by atoms with Crippen LogP contribution < -0.4 is 20.3 Å². The number of hydrogen-bond acceptors (Lipinski definition) is 10. The number of benzene rings is 2. The van der Waals surface area contributed by atoms with E-state index in [9.17, 15) is 0 Å². The van der Waals surface area contributed by atoms with E-state index in [2.05, 4.69) is 54.7 Å². The van der Waals surface area contributed by atoms with Crippen molar-refractivity contribution in [2.75, 3.05) is 75.2 Å². The second-order valence-electron chi connectivity index (χ2n) is 10.0. The number of morpholine rings is 1. The van der Waals surface area contributed by atoms with Gasteiger partial charge in [-0.1, -0.05) is 23.7 Å². The molecule has 216 valence electrons. The van der Waals surface area contributed by atoms with Gasteiger partial charge in [0, 0.05) is 50.7 Å². The van der Waals surface area contributed by atoms with Gasteiger partial charge in [0.2, 0.25) is 5.95 Å². The van der Waals surface area contributed by atoms with Crippen LogP contribution in [0.4, 0.5) is 23.1 Å². The van der Waals surface area contributed by atoms with Gasteiger partial charge >= 0.3 is 0 Å². The van der Waals surface area contributed by atoms with Crippen molar-refractivity contribution in [1.82, 2.24) is 14.9 Å². The van der Waals surface area contributed by atoms with Crippen LogP contribution in [0.5, 0.6) is 5.75 Å². The highest BCUT2D eigenvalue weighted by Crippen LogP contribution is 2.27. The number of halogens is 1. The maximum absolute atomic E-state index is 8.76. The van der Waals surface area contributed by atoms with Crippen LogP contribution >= 0.6 is 11.6 Å². The number of nitrogens with one attached hydrogen (secondary N) is 2. The Kier molecular flexibility index (Phi) is 10.1. The Morgan fingerprint density at radius 3 is 2.85 bits per heavy atom. The van der Waals surface area contributed by atoms with Gasteiger partial charge in [-0.3, -0.25) is 0 Å². The highest BCUT2D eigenvalue weighted by molar-refractivity contribution is 6.32. The average Bonchev–Trinajstić information content (AvgIpc) is 3.20. The summed E-state index contributed by atoms with van der Waals surface area (Å²) in [6.45, 7) is 6.02. The number of anilines is 4. The number of nitrogens with zero attached hydrogens (tertiary/aromatic N) is 5. The van der Waals surface area contributed by atoms with Crippen molar-refractivity contribution in [2.24, 2.45) is 0 Å². The maximum atomic E-state index is 8.76. The molecule has 2 aliphatic heterocycles. The van der Waals surface area contributed by atoms with Crippen molar-refractivity contribution in [3.63, 3.8) is 0 Å². The molecule has 10 nitrogen and oxygen atoms in total. The lowest BCUT2D eigenvalue weighted by Gasteiger charge is -2.35. The van der Waals surface area contributed by atoms with Crippen LogP contribution in [0.1, 0.15) is 17.5 Å². The van der Waals surface area contributed by atoms with E-state index in [-0.39, 0.29) is 6.23 Å². The quantitative estimate of drug-likeness (QED) is 0.316. The summed E-state index contributed by atoms with van der Waals surface area (Å²) in [4.78, 5) is 13.7. The van der Waals surface area contributed by atoms with E-state index in [1.165, 1.54) is 11.1 Å². The average molecular weight is 578 g/mol. The summed E-state index contributed by atoms with van der Waals surface area (Å²) in [6, 6.07) is 16.4. The fourth-order valence-corrected chi connectivity index (χ4v) is 5.20. The molecule has 5 rings (SSSR count). The van der Waals surface area contributed by atoms with Gasteiger partial charge in [0.25, 0.3) is 0 Å². The Labute approximate surface area is 246 Å². The van der Waals surface area contributed by atoms with E-state index >= 15 is 0 Å². The zero-order valence-corrected chi connectivity index (χ0v) is 24.1. The topological polar surface area (TPSA) is 108 Å². The first kappa shape index (κ1) is 28.9. The highest BCUT2D eigenvalue weighted by Gasteiger charge is 2.23. The van der Waals surface area contributed by atoms with E-state index in [4.69, 9.17) is 31.1 Å². The zero-order chi connectivity index (χ0) is 28.4. The first-order chi connectivity index (χ1) is 20.1. The first-order valence-electron chi connectivity index (χ1n) is 14.0. The summed E-state index contributed by atoms with van der Waals surface area (Å²) in [5, 5.41) is 15.9. The predicted molar refractivity (Wildman–Crippen MR) is 160 cm³/mol. The van der Waals surface area contributed by atoms with Crippen LogP contribution in [-0.4, -0.2) is 80.7 Å². The molecule has 1 aromatic heterocycles. The molecule has 1 atom stereocenters. The van der Waals surface area contributed by atoms with Crippen LogP contribution in [0.2, 0.25) is 5.02 Å². The van der Waals surface area contributed by atoms with Crippen molar-refractivity contribution in [3.8, 4) is 11.8 Å². The second kappa shape index (κ2) is 14.3. The first-order valence-corrected chi connectivity index (χ1v) is 14.3. The molecule has 1 unspecified atom stereocenters. The molecule has 11 heteroatoms. The number of fused-ring (bicyclic) bond motifs is 1. The standard InChI is InChI=1S/C30H36ClN7O3/c1-39-16-13-37-11-8-22-6-7-24(18-23(22)9-12-37)34-30-33-20-27(31)29(36-30)35-28-21-38(14-17-41-28)25-4-2-5-26(19-25)40-15-3-10-32/h2,4-7,18-20,28H,3,8-9,11-17,21H2,1H3,(H2,33,34,35,36). The summed E-state index contributed by atoms with van der Waals surface area (Å²) in [5.41, 5.74) is 4.70. The van der Waals surface area contributed by atoms with Gasteiger partial charge in [-0.15, -0.1) is 0 Å². The summed E-state index contributed by atoms with van der Waals surface area (Å²) in [5.74, 6) is 1.71. The van der Waals surface area contributed by atoms with Crippen LogP contribution in [0, 0.1) is 11.3 Å². The number of aromatic nitrogens is 2. The largest absolute Gasteiger partial charge is 0.492 e. The van der Waals surface area contributed by atoms with E-state index < -0.39 is 0 Å². The van der Waals surface area contributed by atoms with Gasteiger partial charge in [0.05, 0.1) is 38.4 Å². The smallest absolute Gasteiger partial charge is 0.229 e. The SMILES string of the molecule is COCCN1CCc2ccc(Nc3ncc(Cl)c(NC4CN(c5cccc(OCCC#N)c5)CCO4)n3)cc2CC1. The summed E-state index contributed by atoms with van der Waals surface area (Å²) >= 11 is 6.48. The van der Waals surface area contributed by atoms with Crippen LogP contribution in [0.3, 0.4) is 0 Å². The van der Waals surface area contributed by atoms with Gasteiger partial charge in [0.1, 0.15) is 23.6 Å². The Morgan fingerprint density at radius 2 is 2.00 bits per heavy atom. The fourth-order valence-electron chi connectivity index (χ4n) is 5.06. The molecule has 1 saturated heterocycles. The Balaban J connectivity index is 1.21. The Morgan fingerprint density at radius 1 is 1.12 bits per heavy atom. The molecular formula is C30H36ClN7O3. The molecule has 3 heterocycles. The minimum absolute atomic E-state index is 0.319. The van der Waals surface area contributed by atoms with Crippen molar-refractivity contribution in [2.45, 2.75) is 25.5 Å². The van der Waals surface area contributed by atoms with Crippen molar-refractivity contribution < 1.29 is 14.2 Å². The zero-order valence-electron chi connectivity index (χ0n) is 23.3. The number of methoxy groups -OCH3 is 1. The highest BCUT2D eigenvalue weighted by atomic mass is 35.5. The lowest BCUT2D eigenvalue weighted by Crippen LogP contribution is -2.46. The van der Waals surface area contributed by atoms with E-state index in [0.29, 0.717) is 43.0 Å². The molecule has 41 heavy (non-hydrogen) atoms. The molecular weight excluding hydrogens is 542 g/mol. The number of ether oxygens (including phenoxy) is 3. The summed E-state index contributed by atoms with van der Waals surface area (Å²) in [6.07, 6.45) is 3.65. The Bertz CT molecular complexity index is 1350. The summed E-state index contributed by atoms with van der Waals surface area (Å²) < 4.78 is 16.9. The van der Waals surface area contributed by atoms with Crippen molar-refractivity contribution >= 4 is 34.7 Å². The van der Waals surface area contributed by atoms with Gasteiger partial charge in [-0.05, 0) is 48.2 Å². The third kappa shape index (κ3) is 7.99. The second-order valence-corrected chi connectivity index (χ2v) is 10.4. The molecule has 2 aliphatic rings. The molecule has 0 aliphatic carbocycles. The minimum atomic E-state index is -0.319. The van der Waals surface area contributed by atoms with Gasteiger partial charge < -0.3 is 34.6 Å². The third-order valence-corrected chi connectivity index (χ3v) is 7.52. The Hall–Kier alpha value is -3.62. The normalized spacial score (nSPS) is 17.3. The molecule has 3 aromatic rings. The molecule has 0 spiro atoms. The molecule has 0 saturated carbocycles. The van der Waals surface area contributed by atoms with Crippen molar-refractivity contribution in [3.05, 3.63) is 64.8 Å². The summed E-state index contributed by atoms with van der Waals surface area (Å²) in [7, 11) is 1.75. The molecule has 1 fully saturated rings. The van der Waals surface area contributed by atoms with Crippen LogP contribution in [0.15, 0.2) is 48.7 Å². The van der Waals surface area contributed by atoms with Gasteiger partial charge in [0.15, 0.2) is 5.82 Å². The number of hydrogen-bond donors (Lipinski definition) is 2. The lowest BCUT2D eigenvalue weighted by molar-refractivity contribution is 0.0589. The number of nitriles is 1. The van der Waals surface area contributed by atoms with Crippen molar-refractivity contribution in [1.29, 1.82) is 5.26 Å². The number of rotatable bonds is 11. The third-order valence-electron chi connectivity index (χ3n) is 7.24. The minimum Gasteiger partial charge on any atom is -0.492 e. The van der Waals surface area contributed by atoms with Crippen LogP contribution in [0.25, 0.3) is 0 Å². The monoisotopic (exact) mass is 577 g/mol. The molecule has 2 aromatic carbocycles. The van der Waals surface area contributed by atoms with E-state index in [0.717, 1.165) is 62.8 Å². The molecule has 0 radical (unpaired) electrons. The lowest BCUT2D eigenvalue weighted by atomic mass is 10.0. The predicted octanol–water partition coefficient (Wildman–Crippen LogP) is 4.49. The van der Waals surface area contributed by atoms with Crippen LogP contribution in [-0.2, 0) is 22.3 Å². The molecule has 0 bridgehead atoms. The van der Waals surface area contributed by atoms with Gasteiger partial charge in [-0.25, -0.2) is 4.98 Å². The molecule has 0 amide bonds. The molecule has 2 N–H and O–H groups in total. The van der Waals surface area contributed by atoms with E-state index in [1.54, 1.807) is 13.3 Å². The fraction of sp³-hybridized carbons (Fsp3) is 0.433. The maximum Gasteiger partial charge on any atom is 0.229 e. The van der Waals surface area contributed by atoms with Gasteiger partial charge in [-0.2, -0.15) is 10.2 Å². The van der Waals surface area contributed by atoms with E-state index in [1.807, 2.05) is 24.3 Å².